The molecule has 1 aromatic rings. The molecule has 0 spiro atoms. The van der Waals surface area contributed by atoms with E-state index in [-0.39, 0.29) is 11.8 Å². The zero-order valence-corrected chi connectivity index (χ0v) is 15.8. The van der Waals surface area contributed by atoms with E-state index in [1.807, 2.05) is 4.90 Å². The maximum Gasteiger partial charge on any atom is 0.226 e. The monoisotopic (exact) mass is 364 g/mol. The van der Waals surface area contributed by atoms with Gasteiger partial charge in [-0.05, 0) is 61.1 Å². The molecule has 1 saturated heterocycles. The molecule has 138 valence electrons. The topological polar surface area (TPSA) is 66.5 Å². The molecule has 1 aliphatic heterocycles. The molecule has 3 rings (SSSR count). The van der Waals surface area contributed by atoms with E-state index in [0.29, 0.717) is 19.5 Å². The van der Waals surface area contributed by atoms with Crippen LogP contribution in [0.4, 0.5) is 0 Å². The Morgan fingerprint density at radius 2 is 1.96 bits per heavy atom. The number of benzene rings is 1. The first-order valence-electron chi connectivity index (χ1n) is 9.24. The minimum Gasteiger partial charge on any atom is -0.342 e. The summed E-state index contributed by atoms with van der Waals surface area (Å²) in [5.41, 5.74) is 3.94. The van der Waals surface area contributed by atoms with E-state index in [9.17, 15) is 13.2 Å². The lowest BCUT2D eigenvalue weighted by Gasteiger charge is -2.33. The fraction of sp³-hybridized carbons (Fsp3) is 0.632. The van der Waals surface area contributed by atoms with Crippen LogP contribution in [0.5, 0.6) is 0 Å². The van der Waals surface area contributed by atoms with Gasteiger partial charge >= 0.3 is 0 Å². The van der Waals surface area contributed by atoms with Gasteiger partial charge < -0.3 is 4.90 Å². The second kappa shape index (κ2) is 7.87. The number of piperidine rings is 1. The minimum absolute atomic E-state index is 0.153. The van der Waals surface area contributed by atoms with Crippen molar-refractivity contribution in [2.45, 2.75) is 44.9 Å². The van der Waals surface area contributed by atoms with Crippen LogP contribution in [0.2, 0.25) is 0 Å². The molecule has 0 bridgehead atoms. The first-order chi connectivity index (χ1) is 11.9. The van der Waals surface area contributed by atoms with Gasteiger partial charge in [-0.1, -0.05) is 18.2 Å². The van der Waals surface area contributed by atoms with E-state index in [2.05, 4.69) is 22.9 Å². The molecule has 1 amide bonds. The zero-order chi connectivity index (χ0) is 17.9. The number of rotatable bonds is 5. The number of hydrogen-bond donors (Lipinski definition) is 1. The molecule has 6 heteroatoms. The average Bonchev–Trinajstić information content (AvgIpc) is 2.59. The van der Waals surface area contributed by atoms with Crippen LogP contribution in [-0.2, 0) is 34.1 Å². The molecule has 0 saturated carbocycles. The Bertz CT molecular complexity index is 730. The highest BCUT2D eigenvalue weighted by Gasteiger charge is 2.24. The summed E-state index contributed by atoms with van der Waals surface area (Å²) >= 11 is 0. The summed E-state index contributed by atoms with van der Waals surface area (Å²) in [4.78, 5) is 14.6. The van der Waals surface area contributed by atoms with E-state index >= 15 is 0 Å². The van der Waals surface area contributed by atoms with Crippen LogP contribution in [0.3, 0.4) is 0 Å². The third kappa shape index (κ3) is 5.28. The average molecular weight is 365 g/mol. The Balaban J connectivity index is 1.57. The van der Waals surface area contributed by atoms with Gasteiger partial charge in [0.15, 0.2) is 0 Å². The van der Waals surface area contributed by atoms with Crippen molar-refractivity contribution < 1.29 is 13.2 Å². The summed E-state index contributed by atoms with van der Waals surface area (Å²) < 4.78 is 25.1. The molecule has 1 aliphatic carbocycles. The highest BCUT2D eigenvalue weighted by Crippen LogP contribution is 2.23. The van der Waals surface area contributed by atoms with Crippen molar-refractivity contribution in [3.63, 3.8) is 0 Å². The Kier molecular flexibility index (Phi) is 5.79. The normalized spacial score (nSPS) is 21.0. The molecule has 5 nitrogen and oxygen atoms in total. The lowest BCUT2D eigenvalue weighted by Crippen LogP contribution is -2.44. The highest BCUT2D eigenvalue weighted by atomic mass is 32.2. The Morgan fingerprint density at radius 1 is 1.20 bits per heavy atom. The van der Waals surface area contributed by atoms with E-state index in [4.69, 9.17) is 0 Å². The van der Waals surface area contributed by atoms with Crippen molar-refractivity contribution in [2.24, 2.45) is 5.92 Å². The van der Waals surface area contributed by atoms with Crippen LogP contribution < -0.4 is 4.72 Å². The van der Waals surface area contributed by atoms with Crippen molar-refractivity contribution in [2.75, 3.05) is 25.9 Å². The maximum absolute atomic E-state index is 12.7. The molecule has 2 aliphatic rings. The number of fused-ring (bicyclic) bond motifs is 1. The number of hydrogen-bond acceptors (Lipinski definition) is 3. The molecular formula is C19H28N2O3S. The van der Waals surface area contributed by atoms with Gasteiger partial charge in [-0.3, -0.25) is 4.79 Å². The summed E-state index contributed by atoms with van der Waals surface area (Å²) in [6.07, 6.45) is 8.31. The van der Waals surface area contributed by atoms with Crippen LogP contribution >= 0.6 is 0 Å². The molecule has 25 heavy (non-hydrogen) atoms. The van der Waals surface area contributed by atoms with Gasteiger partial charge in [0, 0.05) is 19.6 Å². The summed E-state index contributed by atoms with van der Waals surface area (Å²) in [6, 6.07) is 6.49. The Morgan fingerprint density at radius 3 is 2.72 bits per heavy atom. The third-order valence-electron chi connectivity index (χ3n) is 5.27. The van der Waals surface area contributed by atoms with Crippen molar-refractivity contribution in [1.29, 1.82) is 0 Å². The Hall–Kier alpha value is -1.40. The smallest absolute Gasteiger partial charge is 0.226 e. The molecule has 1 unspecified atom stereocenters. The van der Waals surface area contributed by atoms with E-state index in [0.717, 1.165) is 37.8 Å². The van der Waals surface area contributed by atoms with Gasteiger partial charge in [0.2, 0.25) is 15.9 Å². The van der Waals surface area contributed by atoms with Crippen LogP contribution in [-0.4, -0.2) is 45.1 Å². The fourth-order valence-electron chi connectivity index (χ4n) is 3.91. The minimum atomic E-state index is -3.17. The molecule has 1 N–H and O–H groups in total. The molecule has 0 radical (unpaired) electrons. The number of likely N-dealkylation sites (tertiary alicyclic amines) is 1. The summed E-state index contributed by atoms with van der Waals surface area (Å²) in [5.74, 6) is 0.357. The number of carbonyl (C=O) groups excluding carboxylic acids is 1. The number of sulfonamides is 1. The van der Waals surface area contributed by atoms with Crippen molar-refractivity contribution in [3.8, 4) is 0 Å². The van der Waals surface area contributed by atoms with Crippen LogP contribution in [0.15, 0.2) is 18.2 Å². The molecule has 1 aromatic carbocycles. The van der Waals surface area contributed by atoms with Gasteiger partial charge in [0.05, 0.1) is 12.7 Å². The lowest BCUT2D eigenvalue weighted by atomic mass is 9.90. The lowest BCUT2D eigenvalue weighted by molar-refractivity contribution is -0.132. The largest absolute Gasteiger partial charge is 0.342 e. The first-order valence-corrected chi connectivity index (χ1v) is 11.1. The third-order valence-corrected chi connectivity index (χ3v) is 5.97. The summed E-state index contributed by atoms with van der Waals surface area (Å²) in [6.45, 7) is 1.84. The Labute approximate surface area is 150 Å². The van der Waals surface area contributed by atoms with Crippen LogP contribution in [0, 0.1) is 5.92 Å². The van der Waals surface area contributed by atoms with E-state index < -0.39 is 10.0 Å². The number of amides is 1. The van der Waals surface area contributed by atoms with Crippen LogP contribution in [0.25, 0.3) is 0 Å². The maximum atomic E-state index is 12.7. The molecule has 0 aromatic heterocycles. The zero-order valence-electron chi connectivity index (χ0n) is 15.0. The summed E-state index contributed by atoms with van der Waals surface area (Å²) in [5, 5.41) is 0. The molecular weight excluding hydrogens is 336 g/mol. The highest BCUT2D eigenvalue weighted by molar-refractivity contribution is 7.88. The molecule has 1 fully saturated rings. The van der Waals surface area contributed by atoms with Crippen molar-refractivity contribution in [1.82, 2.24) is 9.62 Å². The van der Waals surface area contributed by atoms with Gasteiger partial charge in [0.25, 0.3) is 0 Å². The van der Waals surface area contributed by atoms with E-state index in [1.165, 1.54) is 30.2 Å². The number of aryl methyl sites for hydroxylation is 2. The number of carbonyl (C=O) groups is 1. The van der Waals surface area contributed by atoms with Gasteiger partial charge in [0.1, 0.15) is 0 Å². The van der Waals surface area contributed by atoms with Crippen LogP contribution in [0.1, 0.15) is 42.4 Å². The van der Waals surface area contributed by atoms with Crippen molar-refractivity contribution >= 4 is 15.9 Å². The second-order valence-corrected chi connectivity index (χ2v) is 9.29. The summed E-state index contributed by atoms with van der Waals surface area (Å²) in [7, 11) is -3.17. The van der Waals surface area contributed by atoms with Gasteiger partial charge in [-0.25, -0.2) is 13.1 Å². The first kappa shape index (κ1) is 18.4. The fourth-order valence-corrected chi connectivity index (χ4v) is 4.45. The van der Waals surface area contributed by atoms with Gasteiger partial charge in [-0.15, -0.1) is 0 Å². The standard InChI is InChI=1S/C19H28N2O3S/c1-25(23,24)20-13-16-5-4-10-21(14-16)19(22)12-15-8-9-17-6-2-3-7-18(17)11-15/h8-9,11,16,20H,2-7,10,12-14H2,1H3. The van der Waals surface area contributed by atoms with Gasteiger partial charge in [-0.2, -0.15) is 0 Å². The van der Waals surface area contributed by atoms with Crippen molar-refractivity contribution in [3.05, 3.63) is 34.9 Å². The molecule has 1 heterocycles. The predicted molar refractivity (Wildman–Crippen MR) is 98.9 cm³/mol. The number of nitrogens with zero attached hydrogens (tertiary/aromatic N) is 1. The SMILES string of the molecule is CS(=O)(=O)NCC1CCCN(C(=O)Cc2ccc3c(c2)CCCC3)C1. The second-order valence-electron chi connectivity index (χ2n) is 7.46. The predicted octanol–water partition coefficient (Wildman–Crippen LogP) is 1.90. The molecule has 1 atom stereocenters. The van der Waals surface area contributed by atoms with E-state index in [1.54, 1.807) is 0 Å². The number of nitrogens with one attached hydrogen (secondary N) is 1. The quantitative estimate of drug-likeness (QED) is 0.868.